The average Bonchev–Trinajstić information content (AvgIpc) is 3.76. The van der Waals surface area contributed by atoms with Gasteiger partial charge in [-0.3, -0.25) is 9.59 Å². The summed E-state index contributed by atoms with van der Waals surface area (Å²) in [6.07, 6.45) is 3.13. The van der Waals surface area contributed by atoms with Crippen molar-refractivity contribution in [1.29, 1.82) is 0 Å². The quantitative estimate of drug-likeness (QED) is 0.385. The van der Waals surface area contributed by atoms with E-state index in [1.165, 1.54) is 34.0 Å². The number of carbonyl (C=O) groups is 2. The molecule has 1 N–H and O–H groups in total. The largest absolute Gasteiger partial charge is 0.497 e. The van der Waals surface area contributed by atoms with Crippen molar-refractivity contribution in [2.24, 2.45) is 0 Å². The van der Waals surface area contributed by atoms with E-state index in [9.17, 15) is 14.0 Å². The van der Waals surface area contributed by atoms with E-state index in [1.807, 2.05) is 0 Å². The van der Waals surface area contributed by atoms with Crippen molar-refractivity contribution in [3.05, 3.63) is 59.9 Å². The van der Waals surface area contributed by atoms with Crippen molar-refractivity contribution in [3.8, 4) is 17.1 Å². The van der Waals surface area contributed by atoms with E-state index in [4.69, 9.17) is 14.2 Å². The zero-order valence-corrected chi connectivity index (χ0v) is 22.4. The summed E-state index contributed by atoms with van der Waals surface area (Å²) in [4.78, 5) is 30.1. The topological polar surface area (TPSA) is 121 Å². The van der Waals surface area contributed by atoms with Crippen LogP contribution in [0.25, 0.3) is 11.4 Å². The summed E-state index contributed by atoms with van der Waals surface area (Å²) in [6, 6.07) is 11.8. The molecular formula is C28H33FN6O5. The van der Waals surface area contributed by atoms with Crippen molar-refractivity contribution in [2.45, 2.75) is 50.5 Å². The van der Waals surface area contributed by atoms with Gasteiger partial charge in [0.2, 0.25) is 17.6 Å². The van der Waals surface area contributed by atoms with Crippen LogP contribution in [0.2, 0.25) is 0 Å². The second-order valence-corrected chi connectivity index (χ2v) is 9.89. The van der Waals surface area contributed by atoms with Crippen LogP contribution in [0.3, 0.4) is 0 Å². The van der Waals surface area contributed by atoms with Gasteiger partial charge in [0.1, 0.15) is 24.2 Å². The van der Waals surface area contributed by atoms with E-state index in [0.29, 0.717) is 42.5 Å². The summed E-state index contributed by atoms with van der Waals surface area (Å²) in [6.45, 7) is 1.53. The maximum atomic E-state index is 13.8. The standard InChI is InChI=1S/C28H33FN6O5/c1-38-22-12-8-20(9-13-22)27-31-33-35(32-27)18-25(36)34(17-24-5-3-15-40-24)26(19-6-10-21(29)11-7-19)28(37)30-16-23-4-2-14-39-23/h6-13,23-24,26H,2-5,14-18H2,1H3,(H,30,37)/t23-,24+,26+/m1/s1. The predicted molar refractivity (Wildman–Crippen MR) is 142 cm³/mol. The van der Waals surface area contributed by atoms with Gasteiger partial charge in [-0.15, -0.1) is 10.2 Å². The highest BCUT2D eigenvalue weighted by Gasteiger charge is 2.35. The van der Waals surface area contributed by atoms with Gasteiger partial charge in [-0.1, -0.05) is 12.1 Å². The Labute approximate surface area is 231 Å². The number of ether oxygens (including phenoxy) is 3. The molecule has 0 radical (unpaired) electrons. The number of methoxy groups -OCH3 is 1. The van der Waals surface area contributed by atoms with Crippen molar-refractivity contribution in [3.63, 3.8) is 0 Å². The van der Waals surface area contributed by atoms with E-state index in [1.54, 1.807) is 31.4 Å². The molecule has 0 aliphatic carbocycles. The van der Waals surface area contributed by atoms with E-state index in [-0.39, 0.29) is 31.2 Å². The van der Waals surface area contributed by atoms with E-state index in [2.05, 4.69) is 20.7 Å². The number of hydrogen-bond donors (Lipinski definition) is 1. The Morgan fingerprint density at radius 3 is 2.42 bits per heavy atom. The van der Waals surface area contributed by atoms with Gasteiger partial charge >= 0.3 is 0 Å². The van der Waals surface area contributed by atoms with Gasteiger partial charge in [0.25, 0.3) is 0 Å². The number of rotatable bonds is 11. The van der Waals surface area contributed by atoms with Crippen LogP contribution in [-0.4, -0.2) is 82.5 Å². The Balaban J connectivity index is 1.39. The number of halogens is 1. The summed E-state index contributed by atoms with van der Waals surface area (Å²) in [7, 11) is 1.58. The van der Waals surface area contributed by atoms with Gasteiger partial charge < -0.3 is 24.4 Å². The minimum Gasteiger partial charge on any atom is -0.497 e. The molecule has 3 atom stereocenters. The molecule has 40 heavy (non-hydrogen) atoms. The van der Waals surface area contributed by atoms with Crippen molar-refractivity contribution in [1.82, 2.24) is 30.4 Å². The van der Waals surface area contributed by atoms with E-state index in [0.717, 1.165) is 25.7 Å². The van der Waals surface area contributed by atoms with Gasteiger partial charge in [0.05, 0.1) is 19.3 Å². The molecule has 1 aromatic heterocycles. The first-order valence-corrected chi connectivity index (χ1v) is 13.5. The lowest BCUT2D eigenvalue weighted by Crippen LogP contribution is -2.48. The van der Waals surface area contributed by atoms with E-state index < -0.39 is 17.8 Å². The number of benzene rings is 2. The highest BCUT2D eigenvalue weighted by Crippen LogP contribution is 2.26. The molecule has 0 bridgehead atoms. The van der Waals surface area contributed by atoms with Crippen LogP contribution < -0.4 is 10.1 Å². The van der Waals surface area contributed by atoms with Crippen LogP contribution in [-0.2, 0) is 25.6 Å². The van der Waals surface area contributed by atoms with Gasteiger partial charge in [0.15, 0.2) is 0 Å². The zero-order chi connectivity index (χ0) is 27.9. The summed E-state index contributed by atoms with van der Waals surface area (Å²) in [5.41, 5.74) is 1.21. The fraction of sp³-hybridized carbons (Fsp3) is 0.464. The molecule has 5 rings (SSSR count). The lowest BCUT2D eigenvalue weighted by atomic mass is 10.0. The zero-order valence-electron chi connectivity index (χ0n) is 22.4. The van der Waals surface area contributed by atoms with Gasteiger partial charge in [-0.2, -0.15) is 4.80 Å². The fourth-order valence-corrected chi connectivity index (χ4v) is 4.97. The van der Waals surface area contributed by atoms with Crippen LogP contribution in [0.5, 0.6) is 5.75 Å². The molecule has 3 aromatic rings. The van der Waals surface area contributed by atoms with Gasteiger partial charge in [-0.25, -0.2) is 4.39 Å². The molecule has 2 aliphatic heterocycles. The van der Waals surface area contributed by atoms with Crippen LogP contribution in [0.1, 0.15) is 37.3 Å². The Morgan fingerprint density at radius 1 is 1.07 bits per heavy atom. The third kappa shape index (κ3) is 6.80. The molecule has 2 saturated heterocycles. The first kappa shape index (κ1) is 27.7. The summed E-state index contributed by atoms with van der Waals surface area (Å²) in [5, 5.41) is 15.5. The van der Waals surface area contributed by atoms with Crippen molar-refractivity contribution in [2.75, 3.05) is 33.4 Å². The summed E-state index contributed by atoms with van der Waals surface area (Å²) in [5.74, 6) is -0.155. The Bertz CT molecular complexity index is 1270. The van der Waals surface area contributed by atoms with Crippen LogP contribution in [0.4, 0.5) is 4.39 Å². The summed E-state index contributed by atoms with van der Waals surface area (Å²) < 4.78 is 30.5. The Hall–Kier alpha value is -3.90. The second-order valence-electron chi connectivity index (χ2n) is 9.89. The molecule has 11 nitrogen and oxygen atoms in total. The molecule has 2 aromatic carbocycles. The second kappa shape index (κ2) is 13.0. The van der Waals surface area contributed by atoms with Crippen molar-refractivity contribution < 1.29 is 28.2 Å². The molecule has 2 aliphatic rings. The Morgan fingerprint density at radius 2 is 1.77 bits per heavy atom. The smallest absolute Gasteiger partial charge is 0.247 e. The third-order valence-electron chi connectivity index (χ3n) is 7.10. The van der Waals surface area contributed by atoms with Gasteiger partial charge in [-0.05, 0) is 72.9 Å². The maximum Gasteiger partial charge on any atom is 0.247 e. The number of amides is 2. The van der Waals surface area contributed by atoms with E-state index >= 15 is 0 Å². The lowest BCUT2D eigenvalue weighted by Gasteiger charge is -2.33. The average molecular weight is 553 g/mol. The molecule has 12 heteroatoms. The van der Waals surface area contributed by atoms with Crippen molar-refractivity contribution >= 4 is 11.8 Å². The number of tetrazole rings is 1. The SMILES string of the molecule is COc1ccc(-c2nnn(CC(=O)N(C[C@@H]3CCCO3)[C@H](C(=O)NC[C@H]3CCCO3)c3ccc(F)cc3)n2)cc1. The normalized spacial score (nSPS) is 19.4. The monoisotopic (exact) mass is 552 g/mol. The minimum absolute atomic E-state index is 0.0733. The molecular weight excluding hydrogens is 519 g/mol. The third-order valence-corrected chi connectivity index (χ3v) is 7.10. The molecule has 0 saturated carbocycles. The highest BCUT2D eigenvalue weighted by molar-refractivity contribution is 5.88. The highest BCUT2D eigenvalue weighted by atomic mass is 19.1. The number of aromatic nitrogens is 4. The summed E-state index contributed by atoms with van der Waals surface area (Å²) >= 11 is 0. The van der Waals surface area contributed by atoms with Gasteiger partial charge in [0, 0.05) is 31.9 Å². The predicted octanol–water partition coefficient (Wildman–Crippen LogP) is 2.53. The van der Waals surface area contributed by atoms with Crippen LogP contribution >= 0.6 is 0 Å². The number of nitrogens with one attached hydrogen (secondary N) is 1. The Kier molecular flexibility index (Phi) is 8.97. The van der Waals surface area contributed by atoms with Crippen LogP contribution in [0.15, 0.2) is 48.5 Å². The van der Waals surface area contributed by atoms with Crippen LogP contribution in [0, 0.1) is 5.82 Å². The molecule has 2 amide bonds. The fourth-order valence-electron chi connectivity index (χ4n) is 4.97. The molecule has 212 valence electrons. The molecule has 3 heterocycles. The first-order chi connectivity index (χ1) is 19.5. The molecule has 0 spiro atoms. The maximum absolute atomic E-state index is 13.8. The molecule has 2 fully saturated rings. The lowest BCUT2D eigenvalue weighted by molar-refractivity contribution is -0.143. The minimum atomic E-state index is -1.01. The molecule has 0 unspecified atom stereocenters. The first-order valence-electron chi connectivity index (χ1n) is 13.5. The number of carbonyl (C=O) groups excluding carboxylic acids is 2. The number of hydrogen-bond acceptors (Lipinski definition) is 8. The number of nitrogens with zero attached hydrogens (tertiary/aromatic N) is 5.